The van der Waals surface area contributed by atoms with Crippen LogP contribution in [0, 0.1) is 6.92 Å². The van der Waals surface area contributed by atoms with Crippen molar-refractivity contribution in [3.63, 3.8) is 0 Å². The maximum absolute atomic E-state index is 13.2. The SMILES string of the molecule is CCOC(=O)C(C)(C)Oc1ccc(OCc2cc(-c3ccc(OC(F)(F)F)cc3)nn2CC(F)(F)F)cc1C. The number of carbonyl (C=O) groups is 1. The fraction of sp³-hybridized carbons (Fsp3) is 0.385. The predicted octanol–water partition coefficient (Wildman–Crippen LogP) is 6.62. The van der Waals surface area contributed by atoms with Crippen LogP contribution >= 0.6 is 0 Å². The van der Waals surface area contributed by atoms with Crippen molar-refractivity contribution in [2.45, 2.75) is 59.0 Å². The molecule has 13 heteroatoms. The van der Waals surface area contributed by atoms with E-state index in [9.17, 15) is 31.1 Å². The lowest BCUT2D eigenvalue weighted by Crippen LogP contribution is -2.39. The molecule has 0 unspecified atom stereocenters. The molecule has 0 spiro atoms. The summed E-state index contributed by atoms with van der Waals surface area (Å²) in [6.07, 6.45) is -9.45. The number of rotatable bonds is 10. The smallest absolute Gasteiger partial charge is 0.487 e. The number of aromatic nitrogens is 2. The summed E-state index contributed by atoms with van der Waals surface area (Å²) in [6.45, 7) is 5.03. The molecule has 0 bridgehead atoms. The third kappa shape index (κ3) is 8.55. The molecule has 212 valence electrons. The molecule has 2 aromatic carbocycles. The summed E-state index contributed by atoms with van der Waals surface area (Å²) < 4.78 is 97.8. The van der Waals surface area contributed by atoms with E-state index in [0.717, 1.165) is 16.8 Å². The van der Waals surface area contributed by atoms with E-state index >= 15 is 0 Å². The molecule has 0 aliphatic rings. The molecule has 1 aromatic heterocycles. The average molecular weight is 560 g/mol. The Bertz CT molecular complexity index is 1280. The monoisotopic (exact) mass is 560 g/mol. The van der Waals surface area contributed by atoms with E-state index in [1.807, 2.05) is 0 Å². The van der Waals surface area contributed by atoms with Gasteiger partial charge in [0, 0.05) is 5.56 Å². The molecule has 0 N–H and O–H groups in total. The summed E-state index contributed by atoms with van der Waals surface area (Å²) in [7, 11) is 0. The van der Waals surface area contributed by atoms with Crippen molar-refractivity contribution >= 4 is 5.97 Å². The minimum absolute atomic E-state index is 0.0827. The quantitative estimate of drug-likeness (QED) is 0.205. The first-order chi connectivity index (χ1) is 18.1. The highest BCUT2D eigenvalue weighted by Crippen LogP contribution is 2.30. The third-order valence-electron chi connectivity index (χ3n) is 5.24. The van der Waals surface area contributed by atoms with E-state index in [2.05, 4.69) is 9.84 Å². The molecule has 3 rings (SSSR count). The second-order valence-corrected chi connectivity index (χ2v) is 8.91. The van der Waals surface area contributed by atoms with Crippen molar-refractivity contribution in [3.05, 3.63) is 59.8 Å². The highest BCUT2D eigenvalue weighted by molar-refractivity contribution is 5.79. The summed E-state index contributed by atoms with van der Waals surface area (Å²) in [5.74, 6) is -0.301. The molecule has 0 amide bonds. The van der Waals surface area contributed by atoms with Gasteiger partial charge in [-0.3, -0.25) is 4.68 Å². The van der Waals surface area contributed by atoms with Crippen LogP contribution in [0.3, 0.4) is 0 Å². The first-order valence-corrected chi connectivity index (χ1v) is 11.7. The molecular weight excluding hydrogens is 534 g/mol. The number of nitrogens with zero attached hydrogens (tertiary/aromatic N) is 2. The van der Waals surface area contributed by atoms with E-state index in [0.29, 0.717) is 17.1 Å². The van der Waals surface area contributed by atoms with Gasteiger partial charge < -0.3 is 18.9 Å². The number of carbonyl (C=O) groups excluding carboxylic acids is 1. The van der Waals surface area contributed by atoms with E-state index in [1.165, 1.54) is 24.3 Å². The van der Waals surface area contributed by atoms with Crippen molar-refractivity contribution in [2.75, 3.05) is 6.61 Å². The number of halogens is 6. The minimum atomic E-state index is -4.87. The van der Waals surface area contributed by atoms with Gasteiger partial charge in [0.15, 0.2) is 5.60 Å². The fourth-order valence-electron chi connectivity index (χ4n) is 3.45. The topological polar surface area (TPSA) is 71.8 Å². The Morgan fingerprint density at radius 2 is 1.56 bits per heavy atom. The molecule has 3 aromatic rings. The van der Waals surface area contributed by atoms with E-state index in [1.54, 1.807) is 39.8 Å². The lowest BCUT2D eigenvalue weighted by atomic mass is 10.1. The summed E-state index contributed by atoms with van der Waals surface area (Å²) >= 11 is 0. The first kappa shape index (κ1) is 29.7. The van der Waals surface area contributed by atoms with Gasteiger partial charge in [0.2, 0.25) is 0 Å². The predicted molar refractivity (Wildman–Crippen MR) is 127 cm³/mol. The Labute approximate surface area is 220 Å². The van der Waals surface area contributed by atoms with Gasteiger partial charge >= 0.3 is 18.5 Å². The molecule has 0 fully saturated rings. The maximum Gasteiger partial charge on any atom is 0.573 e. The molecule has 0 saturated carbocycles. The normalized spacial score (nSPS) is 12.3. The van der Waals surface area contributed by atoms with Crippen LogP contribution in [0.15, 0.2) is 48.5 Å². The molecule has 7 nitrogen and oxygen atoms in total. The summed E-state index contributed by atoms with van der Waals surface area (Å²) in [4.78, 5) is 12.1. The molecule has 1 heterocycles. The Kier molecular flexibility index (Phi) is 8.71. The number of ether oxygens (including phenoxy) is 4. The largest absolute Gasteiger partial charge is 0.573 e. The van der Waals surface area contributed by atoms with Crippen LogP contribution in [-0.2, 0) is 22.7 Å². The zero-order chi connectivity index (χ0) is 29.0. The van der Waals surface area contributed by atoms with Crippen LogP contribution in [0.25, 0.3) is 11.3 Å². The summed E-state index contributed by atoms with van der Waals surface area (Å²) in [6, 6.07) is 10.6. The Morgan fingerprint density at radius 1 is 0.923 bits per heavy atom. The van der Waals surface area contributed by atoms with Gasteiger partial charge in [-0.05, 0) is 81.8 Å². The van der Waals surface area contributed by atoms with Crippen LogP contribution < -0.4 is 14.2 Å². The molecule has 39 heavy (non-hydrogen) atoms. The summed E-state index contributed by atoms with van der Waals surface area (Å²) in [5, 5.41) is 3.98. The van der Waals surface area contributed by atoms with Crippen LogP contribution in [0.1, 0.15) is 32.0 Å². The molecule has 0 atom stereocenters. The zero-order valence-electron chi connectivity index (χ0n) is 21.4. The van der Waals surface area contributed by atoms with Crippen molar-refractivity contribution in [1.82, 2.24) is 9.78 Å². The standard InChI is InChI=1S/C26H26F6N2O5/c1-5-36-23(35)24(3,4)39-22-11-10-20(12-16(22)2)37-14-18-13-21(33-34(18)15-25(27,28)29)17-6-8-19(9-7-17)38-26(30,31)32/h6-13H,5,14-15H2,1-4H3. The third-order valence-corrected chi connectivity index (χ3v) is 5.24. The maximum atomic E-state index is 13.2. The number of alkyl halides is 6. The van der Waals surface area contributed by atoms with Crippen molar-refractivity contribution in [2.24, 2.45) is 0 Å². The number of aryl methyl sites for hydroxylation is 1. The van der Waals surface area contributed by atoms with Gasteiger partial charge in [0.1, 0.15) is 30.4 Å². The van der Waals surface area contributed by atoms with Gasteiger partial charge in [-0.1, -0.05) is 0 Å². The molecule has 0 saturated heterocycles. The zero-order valence-corrected chi connectivity index (χ0v) is 21.4. The van der Waals surface area contributed by atoms with E-state index in [4.69, 9.17) is 14.2 Å². The van der Waals surface area contributed by atoms with Crippen LogP contribution in [0.5, 0.6) is 17.2 Å². The minimum Gasteiger partial charge on any atom is -0.487 e. The van der Waals surface area contributed by atoms with E-state index < -0.39 is 36.4 Å². The number of benzene rings is 2. The fourth-order valence-corrected chi connectivity index (χ4v) is 3.45. The average Bonchev–Trinajstić information content (AvgIpc) is 3.19. The van der Waals surface area contributed by atoms with Gasteiger partial charge in [0.05, 0.1) is 18.0 Å². The van der Waals surface area contributed by atoms with E-state index in [-0.39, 0.29) is 30.2 Å². The second kappa shape index (κ2) is 11.5. The van der Waals surface area contributed by atoms with Crippen molar-refractivity contribution < 1.29 is 50.1 Å². The molecule has 0 aliphatic heterocycles. The molecule has 0 aliphatic carbocycles. The Morgan fingerprint density at radius 3 is 2.13 bits per heavy atom. The van der Waals surface area contributed by atoms with Crippen LogP contribution in [0.4, 0.5) is 26.3 Å². The van der Waals surface area contributed by atoms with Gasteiger partial charge in [-0.2, -0.15) is 18.3 Å². The van der Waals surface area contributed by atoms with Crippen LogP contribution in [-0.4, -0.2) is 40.5 Å². The lowest BCUT2D eigenvalue weighted by Gasteiger charge is -2.25. The Balaban J connectivity index is 1.78. The number of hydrogen-bond acceptors (Lipinski definition) is 6. The van der Waals surface area contributed by atoms with Crippen LogP contribution in [0.2, 0.25) is 0 Å². The van der Waals surface area contributed by atoms with Gasteiger partial charge in [-0.25, -0.2) is 4.79 Å². The lowest BCUT2D eigenvalue weighted by molar-refractivity contribution is -0.274. The van der Waals surface area contributed by atoms with Crippen molar-refractivity contribution in [1.29, 1.82) is 0 Å². The highest BCUT2D eigenvalue weighted by atomic mass is 19.4. The van der Waals surface area contributed by atoms with Gasteiger partial charge in [-0.15, -0.1) is 13.2 Å². The van der Waals surface area contributed by atoms with Gasteiger partial charge in [0.25, 0.3) is 0 Å². The summed E-state index contributed by atoms with van der Waals surface area (Å²) in [5.41, 5.74) is -0.165. The first-order valence-electron chi connectivity index (χ1n) is 11.7. The van der Waals surface area contributed by atoms with Crippen molar-refractivity contribution in [3.8, 4) is 28.5 Å². The Hall–Kier alpha value is -3.90. The highest BCUT2D eigenvalue weighted by Gasteiger charge is 2.33. The molecular formula is C26H26F6N2O5. The molecule has 0 radical (unpaired) electrons. The second-order valence-electron chi connectivity index (χ2n) is 8.91. The number of hydrogen-bond donors (Lipinski definition) is 0. The number of esters is 1.